The molecule has 0 radical (unpaired) electrons. The monoisotopic (exact) mass is 393 g/mol. The number of allylic oxidation sites excluding steroid dienone is 1. The molecule has 1 N–H and O–H groups in total. The normalized spacial score (nSPS) is 11.6. The fourth-order valence-electron chi connectivity index (χ4n) is 1.80. The van der Waals surface area contributed by atoms with Crippen molar-refractivity contribution in [2.75, 3.05) is 10.5 Å². The van der Waals surface area contributed by atoms with Gasteiger partial charge in [0, 0.05) is 15.7 Å². The van der Waals surface area contributed by atoms with E-state index >= 15 is 0 Å². The summed E-state index contributed by atoms with van der Waals surface area (Å²) in [6, 6.07) is 14.0. The molecule has 4 nitrogen and oxygen atoms in total. The van der Waals surface area contributed by atoms with E-state index in [1.807, 2.05) is 24.3 Å². The number of carbonyl (C=O) groups excluding carboxylic acids is 1. The van der Waals surface area contributed by atoms with E-state index in [0.29, 0.717) is 11.3 Å². The lowest BCUT2D eigenvalue weighted by molar-refractivity contribution is 0.104. The van der Waals surface area contributed by atoms with E-state index in [0.717, 1.165) is 10.0 Å². The van der Waals surface area contributed by atoms with E-state index in [-0.39, 0.29) is 11.5 Å². The summed E-state index contributed by atoms with van der Waals surface area (Å²) in [6.45, 7) is 1.56. The van der Waals surface area contributed by atoms with E-state index in [2.05, 4.69) is 20.7 Å². The Bertz CT molecular complexity index is 810. The van der Waals surface area contributed by atoms with Gasteiger partial charge in [-0.2, -0.15) is 0 Å². The van der Waals surface area contributed by atoms with Gasteiger partial charge in [0.05, 0.1) is 5.75 Å². The third-order valence-corrected chi connectivity index (χ3v) is 4.96. The van der Waals surface area contributed by atoms with Crippen LogP contribution >= 0.6 is 15.9 Å². The smallest absolute Gasteiger partial charge is 0.232 e. The first-order valence-corrected chi connectivity index (χ1v) is 9.43. The Morgan fingerprint density at radius 1 is 1.09 bits per heavy atom. The molecule has 0 bridgehead atoms. The van der Waals surface area contributed by atoms with Gasteiger partial charge < -0.3 is 0 Å². The molecule has 0 aliphatic carbocycles. The Labute approximate surface area is 144 Å². The molecule has 120 valence electrons. The Morgan fingerprint density at radius 2 is 1.70 bits per heavy atom. The second kappa shape index (κ2) is 7.57. The largest absolute Gasteiger partial charge is 0.289 e. The number of carbonyl (C=O) groups is 1. The van der Waals surface area contributed by atoms with Gasteiger partial charge in [-0.3, -0.25) is 9.52 Å². The van der Waals surface area contributed by atoms with Gasteiger partial charge >= 0.3 is 0 Å². The van der Waals surface area contributed by atoms with Crippen LogP contribution in [0.25, 0.3) is 6.08 Å². The quantitative estimate of drug-likeness (QED) is 0.593. The standard InChI is InChI=1S/C17H16BrNO3S/c1-2-23(21,22)19-16-10-6-14(7-11-16)17(20)12-5-13-3-8-15(18)9-4-13/h3-12,19H,2H2,1H3/b12-5+. The molecule has 0 fully saturated rings. The Balaban J connectivity index is 2.07. The van der Waals surface area contributed by atoms with Crippen LogP contribution in [0.5, 0.6) is 0 Å². The molecule has 0 atom stereocenters. The van der Waals surface area contributed by atoms with Crippen molar-refractivity contribution in [2.45, 2.75) is 6.92 Å². The van der Waals surface area contributed by atoms with Gasteiger partial charge in [0.1, 0.15) is 0 Å². The van der Waals surface area contributed by atoms with Crippen molar-refractivity contribution < 1.29 is 13.2 Å². The molecular weight excluding hydrogens is 378 g/mol. The highest BCUT2D eigenvalue weighted by atomic mass is 79.9. The minimum atomic E-state index is -3.31. The summed E-state index contributed by atoms with van der Waals surface area (Å²) in [4.78, 5) is 12.1. The van der Waals surface area contributed by atoms with E-state index < -0.39 is 10.0 Å². The number of rotatable bonds is 6. The number of sulfonamides is 1. The zero-order valence-electron chi connectivity index (χ0n) is 12.5. The fraction of sp³-hybridized carbons (Fsp3) is 0.118. The summed E-state index contributed by atoms with van der Waals surface area (Å²) in [5.41, 5.74) is 1.87. The summed E-state index contributed by atoms with van der Waals surface area (Å²) in [6.07, 6.45) is 3.23. The van der Waals surface area contributed by atoms with Gasteiger partial charge in [0.2, 0.25) is 10.0 Å². The van der Waals surface area contributed by atoms with Crippen LogP contribution in [0.3, 0.4) is 0 Å². The molecule has 0 aromatic heterocycles. The van der Waals surface area contributed by atoms with Crippen LogP contribution in [0, 0.1) is 0 Å². The maximum Gasteiger partial charge on any atom is 0.232 e. The number of ketones is 1. The number of anilines is 1. The molecule has 0 unspecified atom stereocenters. The van der Waals surface area contributed by atoms with Gasteiger partial charge in [0.15, 0.2) is 5.78 Å². The fourth-order valence-corrected chi connectivity index (χ4v) is 2.70. The third kappa shape index (κ3) is 5.33. The average Bonchev–Trinajstić information content (AvgIpc) is 2.54. The van der Waals surface area contributed by atoms with E-state index in [9.17, 15) is 13.2 Å². The van der Waals surface area contributed by atoms with Crippen LogP contribution in [0.1, 0.15) is 22.8 Å². The second-order valence-electron chi connectivity index (χ2n) is 4.83. The van der Waals surface area contributed by atoms with E-state index in [1.54, 1.807) is 37.3 Å². The Kier molecular flexibility index (Phi) is 5.74. The second-order valence-corrected chi connectivity index (χ2v) is 7.76. The molecule has 0 aliphatic heterocycles. The van der Waals surface area contributed by atoms with Crippen LogP contribution in [-0.2, 0) is 10.0 Å². The number of benzene rings is 2. The van der Waals surface area contributed by atoms with Crippen molar-refractivity contribution in [3.8, 4) is 0 Å². The Morgan fingerprint density at radius 3 is 2.26 bits per heavy atom. The van der Waals surface area contributed by atoms with Crippen LogP contribution < -0.4 is 4.72 Å². The summed E-state index contributed by atoms with van der Waals surface area (Å²) >= 11 is 3.36. The average molecular weight is 394 g/mol. The predicted octanol–water partition coefficient (Wildman–Crippen LogP) is 4.11. The molecule has 0 saturated carbocycles. The molecule has 0 saturated heterocycles. The molecule has 23 heavy (non-hydrogen) atoms. The van der Waals surface area contributed by atoms with Crippen molar-refractivity contribution in [1.29, 1.82) is 0 Å². The lowest BCUT2D eigenvalue weighted by Gasteiger charge is -2.06. The lowest BCUT2D eigenvalue weighted by atomic mass is 10.1. The third-order valence-electron chi connectivity index (χ3n) is 3.12. The maximum absolute atomic E-state index is 12.1. The molecule has 0 amide bonds. The van der Waals surface area contributed by atoms with Crippen molar-refractivity contribution in [3.05, 3.63) is 70.2 Å². The molecule has 6 heteroatoms. The van der Waals surface area contributed by atoms with Gasteiger partial charge in [0.25, 0.3) is 0 Å². The molecule has 0 heterocycles. The zero-order chi connectivity index (χ0) is 16.9. The van der Waals surface area contributed by atoms with E-state index in [1.165, 1.54) is 6.08 Å². The van der Waals surface area contributed by atoms with Crippen molar-refractivity contribution >= 4 is 43.5 Å². The molecular formula is C17H16BrNO3S. The number of hydrogen-bond acceptors (Lipinski definition) is 3. The van der Waals surface area contributed by atoms with Crippen molar-refractivity contribution in [1.82, 2.24) is 0 Å². The first-order chi connectivity index (χ1) is 10.9. The SMILES string of the molecule is CCS(=O)(=O)Nc1ccc(C(=O)/C=C/c2ccc(Br)cc2)cc1. The van der Waals surface area contributed by atoms with E-state index in [4.69, 9.17) is 0 Å². The first kappa shape index (κ1) is 17.4. The van der Waals surface area contributed by atoms with Crippen LogP contribution in [0.4, 0.5) is 5.69 Å². The minimum Gasteiger partial charge on any atom is -0.289 e. The number of nitrogens with one attached hydrogen (secondary N) is 1. The highest BCUT2D eigenvalue weighted by molar-refractivity contribution is 9.10. The molecule has 2 rings (SSSR count). The van der Waals surface area contributed by atoms with Gasteiger partial charge in [-0.1, -0.05) is 34.1 Å². The van der Waals surface area contributed by atoms with Crippen molar-refractivity contribution in [2.24, 2.45) is 0 Å². The summed E-state index contributed by atoms with van der Waals surface area (Å²) in [7, 11) is -3.31. The highest BCUT2D eigenvalue weighted by Gasteiger charge is 2.07. The summed E-state index contributed by atoms with van der Waals surface area (Å²) in [5.74, 6) is -0.137. The predicted molar refractivity (Wildman–Crippen MR) is 97.0 cm³/mol. The number of halogens is 1. The molecule has 2 aromatic carbocycles. The zero-order valence-corrected chi connectivity index (χ0v) is 14.9. The summed E-state index contributed by atoms with van der Waals surface area (Å²) < 4.78 is 26.4. The number of hydrogen-bond donors (Lipinski definition) is 1. The first-order valence-electron chi connectivity index (χ1n) is 6.98. The van der Waals surface area contributed by atoms with Gasteiger partial charge in [-0.15, -0.1) is 0 Å². The van der Waals surface area contributed by atoms with Gasteiger partial charge in [-0.25, -0.2) is 8.42 Å². The van der Waals surface area contributed by atoms with Gasteiger partial charge in [-0.05, 0) is 55.0 Å². The summed E-state index contributed by atoms with van der Waals surface area (Å²) in [5, 5.41) is 0. The highest BCUT2D eigenvalue weighted by Crippen LogP contribution is 2.14. The topological polar surface area (TPSA) is 63.2 Å². The minimum absolute atomic E-state index is 0.00358. The lowest BCUT2D eigenvalue weighted by Crippen LogP contribution is -2.14. The van der Waals surface area contributed by atoms with Crippen LogP contribution in [-0.4, -0.2) is 20.0 Å². The van der Waals surface area contributed by atoms with Crippen molar-refractivity contribution in [3.63, 3.8) is 0 Å². The van der Waals surface area contributed by atoms with Crippen LogP contribution in [0.2, 0.25) is 0 Å². The molecule has 0 spiro atoms. The molecule has 2 aromatic rings. The maximum atomic E-state index is 12.1. The Hall–Kier alpha value is -1.92. The van der Waals surface area contributed by atoms with Crippen LogP contribution in [0.15, 0.2) is 59.1 Å². The molecule has 0 aliphatic rings.